The van der Waals surface area contributed by atoms with Gasteiger partial charge in [-0.3, -0.25) is 14.4 Å². The van der Waals surface area contributed by atoms with Gasteiger partial charge >= 0.3 is 5.97 Å². The van der Waals surface area contributed by atoms with Crippen molar-refractivity contribution < 1.29 is 23.5 Å². The van der Waals surface area contributed by atoms with E-state index < -0.39 is 28.5 Å². The molecule has 0 bridgehead atoms. The first kappa shape index (κ1) is 21.0. The SMILES string of the molecule is CC1(C(=O)c2ccc(F)cc2)C2c3c(ccc4ccccc34)OC(=O)C21C(=O)N1CCCCC1. The normalized spacial score (nSPS) is 27.5. The Bertz CT molecular complexity index is 1360. The summed E-state index contributed by atoms with van der Waals surface area (Å²) in [6.07, 6.45) is 2.76. The van der Waals surface area contributed by atoms with E-state index in [4.69, 9.17) is 4.74 Å². The summed E-state index contributed by atoms with van der Waals surface area (Å²) in [5, 5.41) is 1.81. The number of likely N-dealkylation sites (tertiary alicyclic amines) is 1. The second-order valence-corrected chi connectivity index (χ2v) is 9.72. The molecule has 172 valence electrons. The minimum Gasteiger partial charge on any atom is -0.425 e. The predicted molar refractivity (Wildman–Crippen MR) is 124 cm³/mol. The zero-order valence-electron chi connectivity index (χ0n) is 18.8. The molecule has 1 aliphatic carbocycles. The summed E-state index contributed by atoms with van der Waals surface area (Å²) in [6, 6.07) is 16.6. The topological polar surface area (TPSA) is 63.7 Å². The molecule has 6 heteroatoms. The number of ether oxygens (including phenoxy) is 1. The first-order chi connectivity index (χ1) is 16.4. The summed E-state index contributed by atoms with van der Waals surface area (Å²) in [4.78, 5) is 43.5. The van der Waals surface area contributed by atoms with Crippen molar-refractivity contribution >= 4 is 28.4 Å². The van der Waals surface area contributed by atoms with Crippen LogP contribution in [0, 0.1) is 16.6 Å². The molecule has 3 unspecified atom stereocenters. The molecule has 0 aromatic heterocycles. The van der Waals surface area contributed by atoms with Gasteiger partial charge in [0.1, 0.15) is 11.6 Å². The number of carbonyl (C=O) groups excluding carboxylic acids is 3. The Morgan fingerprint density at radius 1 is 0.971 bits per heavy atom. The highest BCUT2D eigenvalue weighted by molar-refractivity contribution is 6.22. The molecular weight excluding hydrogens is 433 g/mol. The molecule has 5 nitrogen and oxygen atoms in total. The van der Waals surface area contributed by atoms with Gasteiger partial charge in [0.2, 0.25) is 5.91 Å². The van der Waals surface area contributed by atoms with E-state index in [-0.39, 0.29) is 17.3 Å². The van der Waals surface area contributed by atoms with Gasteiger partial charge in [-0.1, -0.05) is 30.3 Å². The molecule has 0 radical (unpaired) electrons. The van der Waals surface area contributed by atoms with Crippen molar-refractivity contribution in [1.82, 2.24) is 4.90 Å². The van der Waals surface area contributed by atoms with Crippen LogP contribution in [-0.2, 0) is 9.59 Å². The van der Waals surface area contributed by atoms with Crippen molar-refractivity contribution in [3.8, 4) is 5.75 Å². The first-order valence-electron chi connectivity index (χ1n) is 11.7. The van der Waals surface area contributed by atoms with Crippen LogP contribution in [0.2, 0.25) is 0 Å². The fourth-order valence-electron chi connectivity index (χ4n) is 6.29. The summed E-state index contributed by atoms with van der Waals surface area (Å²) in [7, 11) is 0. The Labute approximate surface area is 196 Å². The summed E-state index contributed by atoms with van der Waals surface area (Å²) in [6.45, 7) is 2.82. The molecular formula is C28H24FNO4. The highest BCUT2D eigenvalue weighted by atomic mass is 19.1. The van der Waals surface area contributed by atoms with Crippen LogP contribution in [0.15, 0.2) is 60.7 Å². The van der Waals surface area contributed by atoms with Crippen molar-refractivity contribution in [3.63, 3.8) is 0 Å². The number of Topliss-reactive ketones (excluding diaryl/α,β-unsaturated/α-hetero) is 1. The lowest BCUT2D eigenvalue weighted by Gasteiger charge is -2.32. The molecule has 3 aromatic carbocycles. The van der Waals surface area contributed by atoms with E-state index in [2.05, 4.69) is 0 Å². The molecule has 2 heterocycles. The molecule has 6 rings (SSSR count). The molecule has 2 fully saturated rings. The van der Waals surface area contributed by atoms with Crippen molar-refractivity contribution in [2.24, 2.45) is 10.8 Å². The number of halogens is 1. The van der Waals surface area contributed by atoms with Gasteiger partial charge in [0, 0.05) is 30.1 Å². The summed E-state index contributed by atoms with van der Waals surface area (Å²) < 4.78 is 19.4. The third kappa shape index (κ3) is 2.57. The molecule has 0 spiro atoms. The van der Waals surface area contributed by atoms with E-state index >= 15 is 0 Å². The van der Waals surface area contributed by atoms with Gasteiger partial charge in [0.25, 0.3) is 0 Å². The van der Waals surface area contributed by atoms with E-state index in [9.17, 15) is 18.8 Å². The van der Waals surface area contributed by atoms with Gasteiger partial charge in [-0.2, -0.15) is 0 Å². The van der Waals surface area contributed by atoms with E-state index in [0.717, 1.165) is 35.6 Å². The maximum Gasteiger partial charge on any atom is 0.328 e. The lowest BCUT2D eigenvalue weighted by atomic mass is 9.85. The van der Waals surface area contributed by atoms with E-state index in [1.807, 2.05) is 30.3 Å². The Morgan fingerprint density at radius 3 is 2.41 bits per heavy atom. The molecule has 1 saturated heterocycles. The number of rotatable bonds is 3. The maximum absolute atomic E-state index is 14.1. The second kappa shape index (κ2) is 7.23. The molecule has 2 aliphatic heterocycles. The molecule has 3 aliphatic rings. The van der Waals surface area contributed by atoms with Crippen molar-refractivity contribution in [3.05, 3.63) is 77.6 Å². The highest BCUT2D eigenvalue weighted by Crippen LogP contribution is 2.79. The Hall–Kier alpha value is -3.54. The van der Waals surface area contributed by atoms with E-state index in [1.54, 1.807) is 17.9 Å². The van der Waals surface area contributed by atoms with Crippen LogP contribution in [0.4, 0.5) is 4.39 Å². The van der Waals surface area contributed by atoms with E-state index in [0.29, 0.717) is 18.8 Å². The van der Waals surface area contributed by atoms with Crippen molar-refractivity contribution in [2.75, 3.05) is 13.1 Å². The number of esters is 1. The van der Waals surface area contributed by atoms with Gasteiger partial charge < -0.3 is 9.64 Å². The van der Waals surface area contributed by atoms with Gasteiger partial charge in [-0.05, 0) is 67.3 Å². The average molecular weight is 458 g/mol. The molecule has 1 saturated carbocycles. The van der Waals surface area contributed by atoms with Crippen LogP contribution in [0.3, 0.4) is 0 Å². The number of carbonyl (C=O) groups is 3. The van der Waals surface area contributed by atoms with Gasteiger partial charge in [-0.15, -0.1) is 0 Å². The zero-order chi connectivity index (χ0) is 23.7. The predicted octanol–water partition coefficient (Wildman–Crippen LogP) is 4.88. The standard InChI is InChI=1S/C28H24FNO4/c1-27(24(31)18-9-12-19(29)13-10-18)23-22-20-8-4-3-7-17(20)11-14-21(22)34-26(33)28(23,27)25(32)30-15-5-2-6-16-30/h3-4,7-14,23H,2,5-6,15-16H2,1H3. The minimum atomic E-state index is -1.63. The Kier molecular flexibility index (Phi) is 4.47. The van der Waals surface area contributed by atoms with Gasteiger partial charge in [-0.25, -0.2) is 4.39 Å². The molecule has 34 heavy (non-hydrogen) atoms. The fraction of sp³-hybridized carbons (Fsp3) is 0.321. The Morgan fingerprint density at radius 2 is 1.68 bits per heavy atom. The zero-order valence-corrected chi connectivity index (χ0v) is 18.8. The third-order valence-electron chi connectivity index (χ3n) is 8.05. The second-order valence-electron chi connectivity index (χ2n) is 9.72. The Balaban J connectivity index is 1.57. The molecule has 1 amide bonds. The highest BCUT2D eigenvalue weighted by Gasteiger charge is 2.88. The monoisotopic (exact) mass is 457 g/mol. The minimum absolute atomic E-state index is 0.277. The first-order valence-corrected chi connectivity index (χ1v) is 11.7. The number of amides is 1. The van der Waals surface area contributed by atoms with Crippen molar-refractivity contribution in [2.45, 2.75) is 32.1 Å². The number of hydrogen-bond acceptors (Lipinski definition) is 4. The number of nitrogens with zero attached hydrogens (tertiary/aromatic N) is 1. The van der Waals surface area contributed by atoms with Gasteiger partial charge in [0.05, 0.1) is 5.41 Å². The summed E-state index contributed by atoms with van der Waals surface area (Å²) in [5.74, 6) is -2.07. The third-order valence-corrected chi connectivity index (χ3v) is 8.05. The van der Waals surface area contributed by atoms with Crippen LogP contribution in [0.5, 0.6) is 5.75 Å². The van der Waals surface area contributed by atoms with Crippen LogP contribution < -0.4 is 4.74 Å². The number of piperidine rings is 1. The number of ketones is 1. The smallest absolute Gasteiger partial charge is 0.328 e. The van der Waals surface area contributed by atoms with E-state index in [1.165, 1.54) is 24.3 Å². The summed E-state index contributed by atoms with van der Waals surface area (Å²) >= 11 is 0. The van der Waals surface area contributed by atoms with Gasteiger partial charge in [0.15, 0.2) is 11.2 Å². The molecule has 0 N–H and O–H groups in total. The largest absolute Gasteiger partial charge is 0.425 e. The fourth-order valence-corrected chi connectivity index (χ4v) is 6.29. The number of hydrogen-bond donors (Lipinski definition) is 0. The van der Waals surface area contributed by atoms with Crippen LogP contribution in [0.1, 0.15) is 48.0 Å². The molecule has 3 atom stereocenters. The molecule has 3 aromatic rings. The van der Waals surface area contributed by atoms with Crippen molar-refractivity contribution in [1.29, 1.82) is 0 Å². The lowest BCUT2D eigenvalue weighted by Crippen LogP contribution is -2.49. The van der Waals surface area contributed by atoms with Crippen LogP contribution in [0.25, 0.3) is 10.8 Å². The average Bonchev–Trinajstić information content (AvgIpc) is 3.46. The van der Waals surface area contributed by atoms with Crippen LogP contribution >= 0.6 is 0 Å². The lowest BCUT2D eigenvalue weighted by molar-refractivity contribution is -0.154. The quantitative estimate of drug-likeness (QED) is 0.243. The maximum atomic E-state index is 14.1. The summed E-state index contributed by atoms with van der Waals surface area (Å²) in [5.41, 5.74) is -1.97. The van der Waals surface area contributed by atoms with Crippen LogP contribution in [-0.4, -0.2) is 35.6 Å². The number of benzene rings is 3. The number of fused-ring (bicyclic) bond motifs is 5.